The number of rotatable bonds is 9. The molecule has 0 bridgehead atoms. The predicted octanol–water partition coefficient (Wildman–Crippen LogP) is 2.66. The van der Waals surface area contributed by atoms with Gasteiger partial charge in [-0.2, -0.15) is 0 Å². The highest BCUT2D eigenvalue weighted by atomic mass is 16.5. The first-order chi connectivity index (χ1) is 8.72. The van der Waals surface area contributed by atoms with Gasteiger partial charge in [-0.3, -0.25) is 4.79 Å². The summed E-state index contributed by atoms with van der Waals surface area (Å²) in [5, 5.41) is 3.21. The van der Waals surface area contributed by atoms with Crippen LogP contribution in [-0.4, -0.2) is 18.6 Å². The number of allylic oxidation sites excluding steroid dienone is 1. The molecule has 100 valence electrons. The van der Waals surface area contributed by atoms with Gasteiger partial charge in [-0.1, -0.05) is 6.08 Å². The van der Waals surface area contributed by atoms with Crippen molar-refractivity contribution in [3.63, 3.8) is 0 Å². The Hall–Kier alpha value is -1.55. The number of furan rings is 1. The first-order valence-electron chi connectivity index (χ1n) is 6.24. The molecule has 0 aliphatic rings. The summed E-state index contributed by atoms with van der Waals surface area (Å²) in [5.74, 6) is 0.694. The van der Waals surface area contributed by atoms with Crippen LogP contribution in [-0.2, 0) is 16.1 Å². The Morgan fingerprint density at radius 3 is 3.17 bits per heavy atom. The van der Waals surface area contributed by atoms with E-state index in [1.54, 1.807) is 6.26 Å². The van der Waals surface area contributed by atoms with E-state index in [2.05, 4.69) is 11.9 Å². The fourth-order valence-electron chi connectivity index (χ4n) is 1.48. The fraction of sp³-hybridized carbons (Fsp3) is 0.500. The Bertz CT molecular complexity index is 346. The summed E-state index contributed by atoms with van der Waals surface area (Å²) in [6.45, 7) is 6.66. The molecule has 1 aromatic rings. The number of hydrogen-bond acceptors (Lipinski definition) is 4. The quantitative estimate of drug-likeness (QED) is 0.416. The minimum Gasteiger partial charge on any atom is -0.468 e. The van der Waals surface area contributed by atoms with Gasteiger partial charge in [0.05, 0.1) is 25.8 Å². The van der Waals surface area contributed by atoms with Gasteiger partial charge >= 0.3 is 5.97 Å². The minimum atomic E-state index is -0.168. The van der Waals surface area contributed by atoms with Crippen LogP contribution in [0.1, 0.15) is 31.9 Å². The zero-order chi connectivity index (χ0) is 13.2. The van der Waals surface area contributed by atoms with Crippen LogP contribution in [0.25, 0.3) is 0 Å². The number of carbonyl (C=O) groups excluding carboxylic acids is 1. The average molecular weight is 251 g/mol. The lowest BCUT2D eigenvalue weighted by Crippen LogP contribution is -2.28. The van der Waals surface area contributed by atoms with Crippen molar-refractivity contribution in [2.24, 2.45) is 0 Å². The number of carbonyl (C=O) groups is 1. The molecule has 0 saturated heterocycles. The molecular weight excluding hydrogens is 230 g/mol. The lowest BCUT2D eigenvalue weighted by molar-refractivity contribution is -0.144. The predicted molar refractivity (Wildman–Crippen MR) is 70.0 cm³/mol. The molecular formula is C14H21NO3. The van der Waals surface area contributed by atoms with Crippen molar-refractivity contribution in [2.45, 2.75) is 38.8 Å². The maximum Gasteiger partial charge on any atom is 0.307 e. The SMILES string of the molecule is C=CCCCOC(=O)CC(C)NCc1ccco1. The molecule has 0 amide bonds. The Morgan fingerprint density at radius 2 is 2.50 bits per heavy atom. The van der Waals surface area contributed by atoms with Crippen LogP contribution in [0.2, 0.25) is 0 Å². The minimum absolute atomic E-state index is 0.0713. The lowest BCUT2D eigenvalue weighted by atomic mass is 10.2. The van der Waals surface area contributed by atoms with E-state index in [0.717, 1.165) is 18.6 Å². The van der Waals surface area contributed by atoms with Crippen LogP contribution >= 0.6 is 0 Å². The van der Waals surface area contributed by atoms with E-state index in [9.17, 15) is 4.79 Å². The Morgan fingerprint density at radius 1 is 1.67 bits per heavy atom. The van der Waals surface area contributed by atoms with E-state index in [0.29, 0.717) is 19.6 Å². The van der Waals surface area contributed by atoms with Crippen LogP contribution < -0.4 is 5.32 Å². The molecule has 0 aromatic carbocycles. The number of esters is 1. The van der Waals surface area contributed by atoms with Gasteiger partial charge in [-0.25, -0.2) is 0 Å². The summed E-state index contributed by atoms with van der Waals surface area (Å²) in [5.41, 5.74) is 0. The van der Waals surface area contributed by atoms with Gasteiger partial charge in [-0.05, 0) is 31.9 Å². The van der Waals surface area contributed by atoms with Crippen molar-refractivity contribution < 1.29 is 13.9 Å². The maximum atomic E-state index is 11.5. The summed E-state index contributed by atoms with van der Waals surface area (Å²) in [4.78, 5) is 11.5. The second-order valence-corrected chi connectivity index (χ2v) is 4.22. The molecule has 0 spiro atoms. The monoisotopic (exact) mass is 251 g/mol. The van der Waals surface area contributed by atoms with Gasteiger partial charge in [0.25, 0.3) is 0 Å². The average Bonchev–Trinajstić information content (AvgIpc) is 2.85. The molecule has 0 aliphatic heterocycles. The molecule has 1 aromatic heterocycles. The molecule has 1 atom stereocenters. The molecule has 4 nitrogen and oxygen atoms in total. The molecule has 1 unspecified atom stereocenters. The highest BCUT2D eigenvalue weighted by Crippen LogP contribution is 2.02. The molecule has 0 fully saturated rings. The smallest absolute Gasteiger partial charge is 0.307 e. The van der Waals surface area contributed by atoms with Crippen LogP contribution in [0.5, 0.6) is 0 Å². The third-order valence-electron chi connectivity index (χ3n) is 2.49. The lowest BCUT2D eigenvalue weighted by Gasteiger charge is -2.12. The Balaban J connectivity index is 2.09. The standard InChI is InChI=1S/C14H21NO3/c1-3-4-5-8-18-14(16)10-12(2)15-11-13-7-6-9-17-13/h3,6-7,9,12,15H,1,4-5,8,10-11H2,2H3. The van der Waals surface area contributed by atoms with Crippen molar-refractivity contribution in [3.05, 3.63) is 36.8 Å². The molecule has 1 heterocycles. The first-order valence-corrected chi connectivity index (χ1v) is 6.24. The topological polar surface area (TPSA) is 51.5 Å². The number of nitrogens with one attached hydrogen (secondary N) is 1. The van der Waals surface area contributed by atoms with Gasteiger partial charge in [0.1, 0.15) is 5.76 Å². The number of ether oxygens (including phenoxy) is 1. The summed E-state index contributed by atoms with van der Waals surface area (Å²) in [6, 6.07) is 3.81. The molecule has 18 heavy (non-hydrogen) atoms. The van der Waals surface area contributed by atoms with Crippen LogP contribution in [0.15, 0.2) is 35.5 Å². The normalized spacial score (nSPS) is 12.1. The van der Waals surface area contributed by atoms with Gasteiger partial charge in [-0.15, -0.1) is 6.58 Å². The van der Waals surface area contributed by atoms with E-state index in [-0.39, 0.29) is 12.0 Å². The van der Waals surface area contributed by atoms with E-state index < -0.39 is 0 Å². The van der Waals surface area contributed by atoms with Gasteiger partial charge in [0.2, 0.25) is 0 Å². The Kier molecular flexibility index (Phi) is 6.87. The van der Waals surface area contributed by atoms with Gasteiger partial charge in [0, 0.05) is 6.04 Å². The van der Waals surface area contributed by atoms with Crippen molar-refractivity contribution in [2.75, 3.05) is 6.61 Å². The van der Waals surface area contributed by atoms with Crippen LogP contribution in [0.3, 0.4) is 0 Å². The summed E-state index contributed by atoms with van der Waals surface area (Å²) in [6.07, 6.45) is 5.54. The largest absolute Gasteiger partial charge is 0.468 e. The third kappa shape index (κ3) is 6.25. The molecule has 4 heteroatoms. The summed E-state index contributed by atoms with van der Waals surface area (Å²) >= 11 is 0. The van der Waals surface area contributed by atoms with Crippen molar-refractivity contribution in [1.29, 1.82) is 0 Å². The van der Waals surface area contributed by atoms with Crippen molar-refractivity contribution >= 4 is 5.97 Å². The van der Waals surface area contributed by atoms with E-state index in [1.807, 2.05) is 25.1 Å². The second-order valence-electron chi connectivity index (χ2n) is 4.22. The fourth-order valence-corrected chi connectivity index (χ4v) is 1.48. The number of unbranched alkanes of at least 4 members (excludes halogenated alkanes) is 1. The van der Waals surface area contributed by atoms with E-state index in [1.165, 1.54) is 0 Å². The molecule has 0 saturated carbocycles. The zero-order valence-electron chi connectivity index (χ0n) is 10.9. The van der Waals surface area contributed by atoms with Gasteiger partial charge < -0.3 is 14.5 Å². The Labute approximate surface area is 108 Å². The van der Waals surface area contributed by atoms with Crippen molar-refractivity contribution in [3.8, 4) is 0 Å². The third-order valence-corrected chi connectivity index (χ3v) is 2.49. The highest BCUT2D eigenvalue weighted by Gasteiger charge is 2.10. The first kappa shape index (κ1) is 14.5. The summed E-state index contributed by atoms with van der Waals surface area (Å²) in [7, 11) is 0. The molecule has 0 aliphatic carbocycles. The van der Waals surface area contributed by atoms with Crippen LogP contribution in [0.4, 0.5) is 0 Å². The maximum absolute atomic E-state index is 11.5. The van der Waals surface area contributed by atoms with E-state index in [4.69, 9.17) is 9.15 Å². The molecule has 0 radical (unpaired) electrons. The molecule has 1 N–H and O–H groups in total. The zero-order valence-corrected chi connectivity index (χ0v) is 10.9. The molecule has 1 rings (SSSR count). The number of hydrogen-bond donors (Lipinski definition) is 1. The highest BCUT2D eigenvalue weighted by molar-refractivity contribution is 5.70. The van der Waals surface area contributed by atoms with Gasteiger partial charge in [0.15, 0.2) is 0 Å². The summed E-state index contributed by atoms with van der Waals surface area (Å²) < 4.78 is 10.3. The second kappa shape index (κ2) is 8.53. The van der Waals surface area contributed by atoms with E-state index >= 15 is 0 Å². The van der Waals surface area contributed by atoms with Crippen molar-refractivity contribution in [1.82, 2.24) is 5.32 Å². The van der Waals surface area contributed by atoms with Crippen LogP contribution in [0, 0.1) is 0 Å².